The Morgan fingerprint density at radius 2 is 2.00 bits per heavy atom. The van der Waals surface area contributed by atoms with Crippen LogP contribution >= 0.6 is 11.3 Å². The first-order valence-electron chi connectivity index (χ1n) is 8.47. The molecule has 2 N–H and O–H groups in total. The van der Waals surface area contributed by atoms with Crippen molar-refractivity contribution >= 4 is 17.0 Å². The smallest absolute Gasteiger partial charge is 0.119 e. The highest BCUT2D eigenvalue weighted by molar-refractivity contribution is 7.10. The maximum absolute atomic E-state index is 9.85. The monoisotopic (exact) mass is 346 g/mol. The topological polar surface area (TPSA) is 44.7 Å². The van der Waals surface area contributed by atoms with E-state index in [0.29, 0.717) is 19.2 Å². The SMILES string of the molecule is CN(C)CC(O)COc1ccc(NC(c2cccs2)C2CC2)cc1. The molecule has 0 amide bonds. The van der Waals surface area contributed by atoms with Gasteiger partial charge in [0, 0.05) is 17.1 Å². The van der Waals surface area contributed by atoms with Gasteiger partial charge in [0.05, 0.1) is 6.04 Å². The van der Waals surface area contributed by atoms with Crippen molar-refractivity contribution in [2.75, 3.05) is 32.6 Å². The highest BCUT2D eigenvalue weighted by Gasteiger charge is 2.32. The van der Waals surface area contributed by atoms with Gasteiger partial charge in [0.1, 0.15) is 18.5 Å². The molecule has 4 nitrogen and oxygen atoms in total. The number of benzene rings is 1. The lowest BCUT2D eigenvalue weighted by Crippen LogP contribution is -2.30. The summed E-state index contributed by atoms with van der Waals surface area (Å²) in [7, 11) is 3.88. The van der Waals surface area contributed by atoms with E-state index in [9.17, 15) is 5.11 Å². The van der Waals surface area contributed by atoms with Crippen molar-refractivity contribution in [1.82, 2.24) is 4.90 Å². The summed E-state index contributed by atoms with van der Waals surface area (Å²) in [5.74, 6) is 1.54. The molecule has 1 aromatic carbocycles. The molecule has 1 heterocycles. The second-order valence-corrected chi connectivity index (χ2v) is 7.71. The summed E-state index contributed by atoms with van der Waals surface area (Å²) in [6, 6.07) is 12.8. The molecule has 0 bridgehead atoms. The van der Waals surface area contributed by atoms with Gasteiger partial charge in [-0.2, -0.15) is 0 Å². The van der Waals surface area contributed by atoms with Crippen LogP contribution < -0.4 is 10.1 Å². The van der Waals surface area contributed by atoms with Gasteiger partial charge in [-0.3, -0.25) is 0 Å². The number of hydrogen-bond acceptors (Lipinski definition) is 5. The van der Waals surface area contributed by atoms with E-state index >= 15 is 0 Å². The summed E-state index contributed by atoms with van der Waals surface area (Å²) < 4.78 is 5.66. The summed E-state index contributed by atoms with van der Waals surface area (Å²) in [5, 5.41) is 15.7. The van der Waals surface area contributed by atoms with E-state index in [2.05, 4.69) is 35.0 Å². The number of ether oxygens (including phenoxy) is 1. The zero-order valence-corrected chi connectivity index (χ0v) is 15.1. The van der Waals surface area contributed by atoms with Gasteiger partial charge in [-0.15, -0.1) is 11.3 Å². The van der Waals surface area contributed by atoms with Crippen molar-refractivity contribution < 1.29 is 9.84 Å². The van der Waals surface area contributed by atoms with E-state index in [1.807, 2.05) is 42.5 Å². The number of aliphatic hydroxyl groups is 1. The number of hydrogen-bond donors (Lipinski definition) is 2. The minimum Gasteiger partial charge on any atom is -0.491 e. The van der Waals surface area contributed by atoms with Crippen molar-refractivity contribution in [3.63, 3.8) is 0 Å². The lowest BCUT2D eigenvalue weighted by Gasteiger charge is -2.19. The number of nitrogens with zero attached hydrogens (tertiary/aromatic N) is 1. The first-order chi connectivity index (χ1) is 11.6. The van der Waals surface area contributed by atoms with Crippen LogP contribution in [0.4, 0.5) is 5.69 Å². The van der Waals surface area contributed by atoms with E-state index in [1.165, 1.54) is 17.7 Å². The Balaban J connectivity index is 1.54. The Hall–Kier alpha value is -1.56. The van der Waals surface area contributed by atoms with Crippen LogP contribution in [-0.2, 0) is 0 Å². The second kappa shape index (κ2) is 8.01. The van der Waals surface area contributed by atoms with Crippen molar-refractivity contribution in [3.8, 4) is 5.75 Å². The highest BCUT2D eigenvalue weighted by atomic mass is 32.1. The average molecular weight is 346 g/mol. The fourth-order valence-electron chi connectivity index (χ4n) is 2.81. The molecule has 0 saturated heterocycles. The number of likely N-dealkylation sites (N-methyl/N-ethyl adjacent to an activating group) is 1. The van der Waals surface area contributed by atoms with Crippen LogP contribution in [0.1, 0.15) is 23.8 Å². The zero-order valence-electron chi connectivity index (χ0n) is 14.3. The molecule has 0 aliphatic heterocycles. The first-order valence-corrected chi connectivity index (χ1v) is 9.35. The fraction of sp³-hybridized carbons (Fsp3) is 0.474. The van der Waals surface area contributed by atoms with Gasteiger partial charge >= 0.3 is 0 Å². The molecule has 24 heavy (non-hydrogen) atoms. The first kappa shape index (κ1) is 17.3. The van der Waals surface area contributed by atoms with Gasteiger partial charge in [0.2, 0.25) is 0 Å². The van der Waals surface area contributed by atoms with Crippen molar-refractivity contribution in [2.45, 2.75) is 25.0 Å². The number of thiophene rings is 1. The van der Waals surface area contributed by atoms with Crippen LogP contribution in [0.2, 0.25) is 0 Å². The third kappa shape index (κ3) is 4.97. The minimum atomic E-state index is -0.476. The molecule has 1 aliphatic carbocycles. The third-order valence-corrected chi connectivity index (χ3v) is 5.09. The largest absolute Gasteiger partial charge is 0.491 e. The molecule has 2 atom stereocenters. The Morgan fingerprint density at radius 3 is 2.58 bits per heavy atom. The summed E-state index contributed by atoms with van der Waals surface area (Å²) in [6.07, 6.45) is 2.14. The van der Waals surface area contributed by atoms with Gasteiger partial charge in [0.15, 0.2) is 0 Å². The van der Waals surface area contributed by atoms with Gasteiger partial charge in [-0.05, 0) is 68.6 Å². The lowest BCUT2D eigenvalue weighted by molar-refractivity contribution is 0.0831. The minimum absolute atomic E-state index is 0.310. The van der Waals surface area contributed by atoms with Crippen LogP contribution in [-0.4, -0.2) is 43.4 Å². The van der Waals surface area contributed by atoms with E-state index in [4.69, 9.17) is 4.74 Å². The Kier molecular flexibility index (Phi) is 5.76. The standard InChI is InChI=1S/C19H26N2O2S/c1-21(2)12-16(22)13-23-17-9-7-15(8-10-17)20-19(14-5-6-14)18-4-3-11-24-18/h3-4,7-11,14,16,19-20,22H,5-6,12-13H2,1-2H3. The molecule has 1 fully saturated rings. The van der Waals surface area contributed by atoms with Crippen LogP contribution in [0, 0.1) is 5.92 Å². The van der Waals surface area contributed by atoms with Crippen LogP contribution in [0.5, 0.6) is 5.75 Å². The lowest BCUT2D eigenvalue weighted by atomic mass is 10.1. The second-order valence-electron chi connectivity index (χ2n) is 6.73. The molecular weight excluding hydrogens is 320 g/mol. The fourth-order valence-corrected chi connectivity index (χ4v) is 3.68. The van der Waals surface area contributed by atoms with Gasteiger partial charge in [-0.25, -0.2) is 0 Å². The maximum atomic E-state index is 9.85. The normalized spacial score (nSPS) is 16.8. The van der Waals surface area contributed by atoms with Crippen molar-refractivity contribution in [3.05, 3.63) is 46.7 Å². The summed E-state index contributed by atoms with van der Waals surface area (Å²) in [4.78, 5) is 3.36. The Bertz CT molecular complexity index is 609. The Morgan fingerprint density at radius 1 is 1.25 bits per heavy atom. The molecule has 3 rings (SSSR count). The number of nitrogens with one attached hydrogen (secondary N) is 1. The maximum Gasteiger partial charge on any atom is 0.119 e. The summed E-state index contributed by atoms with van der Waals surface area (Å²) in [6.45, 7) is 0.911. The molecule has 0 spiro atoms. The van der Waals surface area contributed by atoms with Gasteiger partial charge in [-0.1, -0.05) is 6.07 Å². The molecule has 1 aliphatic rings. The molecule has 0 radical (unpaired) electrons. The molecule has 2 aromatic rings. The predicted octanol–water partition coefficient (Wildman–Crippen LogP) is 3.61. The third-order valence-electron chi connectivity index (χ3n) is 4.14. The molecule has 130 valence electrons. The van der Waals surface area contributed by atoms with E-state index < -0.39 is 6.10 Å². The Labute approximate surface area is 148 Å². The molecule has 2 unspecified atom stereocenters. The van der Waals surface area contributed by atoms with E-state index in [1.54, 1.807) is 0 Å². The number of anilines is 1. The molecule has 1 saturated carbocycles. The van der Waals surface area contributed by atoms with Crippen LogP contribution in [0.15, 0.2) is 41.8 Å². The van der Waals surface area contributed by atoms with Crippen molar-refractivity contribution in [2.24, 2.45) is 5.92 Å². The number of rotatable bonds is 9. The van der Waals surface area contributed by atoms with Crippen molar-refractivity contribution in [1.29, 1.82) is 0 Å². The zero-order chi connectivity index (χ0) is 16.9. The molecular formula is C19H26N2O2S. The van der Waals surface area contributed by atoms with Gasteiger partial charge in [0.25, 0.3) is 0 Å². The molecule has 1 aromatic heterocycles. The van der Waals surface area contributed by atoms with Crippen LogP contribution in [0.3, 0.4) is 0 Å². The van der Waals surface area contributed by atoms with E-state index in [0.717, 1.165) is 17.4 Å². The van der Waals surface area contributed by atoms with Crippen LogP contribution in [0.25, 0.3) is 0 Å². The highest BCUT2D eigenvalue weighted by Crippen LogP contribution is 2.44. The number of aliphatic hydroxyl groups excluding tert-OH is 1. The average Bonchev–Trinajstić information content (AvgIpc) is 3.25. The summed E-state index contributed by atoms with van der Waals surface area (Å²) >= 11 is 1.82. The summed E-state index contributed by atoms with van der Waals surface area (Å²) in [5.41, 5.74) is 1.11. The predicted molar refractivity (Wildman–Crippen MR) is 99.9 cm³/mol. The van der Waals surface area contributed by atoms with Gasteiger partial charge < -0.3 is 20.1 Å². The quantitative estimate of drug-likeness (QED) is 0.728. The van der Waals surface area contributed by atoms with E-state index in [-0.39, 0.29) is 0 Å². The molecule has 5 heteroatoms.